The second-order valence-electron chi connectivity index (χ2n) is 3.32. The number of carboxylic acid groups (broad SMARTS) is 1. The normalized spacial score (nSPS) is 31.9. The lowest BCUT2D eigenvalue weighted by Crippen LogP contribution is -2.09. The summed E-state index contributed by atoms with van der Waals surface area (Å²) in [6.07, 6.45) is 3.05. The van der Waals surface area contributed by atoms with Crippen molar-refractivity contribution >= 4 is 25.6 Å². The third-order valence-corrected chi connectivity index (χ3v) is 6.60. The Morgan fingerprint density at radius 3 is 2.57 bits per heavy atom. The van der Waals surface area contributed by atoms with E-state index in [1.54, 1.807) is 0 Å². The van der Waals surface area contributed by atoms with Crippen molar-refractivity contribution in [3.05, 3.63) is 0 Å². The molecule has 1 saturated heterocycles. The Hall–Kier alpha value is -0.230. The van der Waals surface area contributed by atoms with Crippen molar-refractivity contribution in [2.75, 3.05) is 5.75 Å². The van der Waals surface area contributed by atoms with Crippen molar-refractivity contribution in [3.63, 3.8) is 0 Å². The molecule has 0 amide bonds. The molecule has 0 aliphatic carbocycles. The van der Waals surface area contributed by atoms with Gasteiger partial charge in [0.2, 0.25) is 0 Å². The molecule has 0 spiro atoms. The van der Waals surface area contributed by atoms with Crippen LogP contribution in [0.3, 0.4) is 0 Å². The maximum absolute atomic E-state index is 11.3. The van der Waals surface area contributed by atoms with Crippen LogP contribution >= 0.6 is 0 Å². The fourth-order valence-electron chi connectivity index (χ4n) is 1.45. The van der Waals surface area contributed by atoms with Gasteiger partial charge in [-0.1, -0.05) is 6.42 Å². The minimum Gasteiger partial charge on any atom is -0.481 e. The summed E-state index contributed by atoms with van der Waals surface area (Å²) in [7, 11) is -2.35. The van der Waals surface area contributed by atoms with Crippen LogP contribution in [0.1, 0.15) is 32.1 Å². The summed E-state index contributed by atoms with van der Waals surface area (Å²) in [5, 5.41) is 8.42. The molecule has 0 aromatic heterocycles. The van der Waals surface area contributed by atoms with E-state index in [0.29, 0.717) is 12.2 Å². The van der Waals surface area contributed by atoms with Gasteiger partial charge in [-0.15, -0.1) is 0 Å². The average molecular weight is 238 g/mol. The molecular weight excluding hydrogens is 224 g/mol. The Balaban J connectivity index is 2.16. The fourth-order valence-corrected chi connectivity index (χ4v) is 5.48. The lowest BCUT2D eigenvalue weighted by Gasteiger charge is -2.04. The zero-order valence-corrected chi connectivity index (χ0v) is 9.44. The number of unbranched alkanes of at least 4 members (excludes halogenated alkanes) is 1. The summed E-state index contributed by atoms with van der Waals surface area (Å²) in [4.78, 5) is 10.2. The summed E-state index contributed by atoms with van der Waals surface area (Å²) in [5.74, 6) is -0.253. The van der Waals surface area contributed by atoms with Gasteiger partial charge in [0.05, 0.1) is 0 Å². The number of carboxylic acids is 1. The molecule has 4 nitrogen and oxygen atoms in total. The minimum atomic E-state index is -1.19. The maximum atomic E-state index is 11.3. The van der Waals surface area contributed by atoms with Crippen LogP contribution < -0.4 is 0 Å². The molecular formula is C8H14O4S2. The van der Waals surface area contributed by atoms with Gasteiger partial charge in [-0.05, 0) is 19.3 Å². The van der Waals surface area contributed by atoms with E-state index in [1.807, 2.05) is 0 Å². The van der Waals surface area contributed by atoms with Crippen molar-refractivity contribution in [2.45, 2.75) is 37.4 Å². The molecule has 0 aromatic carbocycles. The van der Waals surface area contributed by atoms with Gasteiger partial charge < -0.3 is 5.11 Å². The molecule has 0 bridgehead atoms. The van der Waals surface area contributed by atoms with E-state index < -0.39 is 25.6 Å². The van der Waals surface area contributed by atoms with Gasteiger partial charge in [-0.2, -0.15) is 0 Å². The number of hydrogen-bond donors (Lipinski definition) is 1. The standard InChI is InChI=1S/C8H14O4S2/c9-8(10)4-2-1-3-7-5-6-13(11)14(7)12/h7H,1-6H2,(H,9,10). The van der Waals surface area contributed by atoms with Crippen molar-refractivity contribution in [2.24, 2.45) is 0 Å². The first-order valence-corrected chi connectivity index (χ1v) is 7.67. The molecule has 3 atom stereocenters. The van der Waals surface area contributed by atoms with Crippen LogP contribution in [0, 0.1) is 0 Å². The van der Waals surface area contributed by atoms with Gasteiger partial charge >= 0.3 is 5.97 Å². The van der Waals surface area contributed by atoms with Gasteiger partial charge in [0.25, 0.3) is 0 Å². The summed E-state index contributed by atoms with van der Waals surface area (Å²) < 4.78 is 22.4. The van der Waals surface area contributed by atoms with Crippen LogP contribution in [0.25, 0.3) is 0 Å². The predicted molar refractivity (Wildman–Crippen MR) is 55.7 cm³/mol. The van der Waals surface area contributed by atoms with Crippen LogP contribution in [0.4, 0.5) is 0 Å². The zero-order chi connectivity index (χ0) is 10.6. The Labute approximate surface area is 87.4 Å². The van der Waals surface area contributed by atoms with E-state index in [2.05, 4.69) is 0 Å². The molecule has 1 aliphatic rings. The average Bonchev–Trinajstić information content (AvgIpc) is 2.43. The molecule has 1 aliphatic heterocycles. The van der Waals surface area contributed by atoms with Crippen molar-refractivity contribution < 1.29 is 18.3 Å². The highest BCUT2D eigenvalue weighted by Crippen LogP contribution is 2.22. The molecule has 1 N–H and O–H groups in total. The van der Waals surface area contributed by atoms with Gasteiger partial charge in [-0.25, -0.2) is 8.42 Å². The Bertz CT molecular complexity index is 264. The third-order valence-electron chi connectivity index (χ3n) is 2.23. The van der Waals surface area contributed by atoms with Crippen LogP contribution in [0.2, 0.25) is 0 Å². The minimum absolute atomic E-state index is 0.0321. The SMILES string of the molecule is O=C(O)CCCCC1CCS(=O)S1=O. The Morgan fingerprint density at radius 2 is 2.07 bits per heavy atom. The lowest BCUT2D eigenvalue weighted by molar-refractivity contribution is -0.137. The number of aliphatic carboxylic acids is 1. The maximum Gasteiger partial charge on any atom is 0.303 e. The smallest absolute Gasteiger partial charge is 0.303 e. The molecule has 3 unspecified atom stereocenters. The zero-order valence-electron chi connectivity index (χ0n) is 7.81. The van der Waals surface area contributed by atoms with E-state index in [9.17, 15) is 13.2 Å². The first kappa shape index (κ1) is 11.8. The largest absolute Gasteiger partial charge is 0.481 e. The predicted octanol–water partition coefficient (Wildman–Crippen LogP) is 0.816. The molecule has 1 rings (SSSR count). The first-order valence-electron chi connectivity index (χ1n) is 4.62. The van der Waals surface area contributed by atoms with Gasteiger partial charge in [0, 0.05) is 17.4 Å². The fraction of sp³-hybridized carbons (Fsp3) is 0.875. The first-order chi connectivity index (χ1) is 6.61. The summed E-state index contributed by atoms with van der Waals surface area (Å²) in [6, 6.07) is 0. The van der Waals surface area contributed by atoms with Gasteiger partial charge in [-0.3, -0.25) is 4.79 Å². The van der Waals surface area contributed by atoms with Crippen LogP contribution in [0.15, 0.2) is 0 Å². The van der Waals surface area contributed by atoms with E-state index >= 15 is 0 Å². The van der Waals surface area contributed by atoms with E-state index in [-0.39, 0.29) is 11.7 Å². The van der Waals surface area contributed by atoms with Gasteiger partial charge in [0.1, 0.15) is 19.7 Å². The quantitative estimate of drug-likeness (QED) is 0.568. The molecule has 82 valence electrons. The molecule has 0 saturated carbocycles. The van der Waals surface area contributed by atoms with Crippen molar-refractivity contribution in [1.82, 2.24) is 0 Å². The monoisotopic (exact) mass is 238 g/mol. The summed E-state index contributed by atoms with van der Waals surface area (Å²) >= 11 is 0. The lowest BCUT2D eigenvalue weighted by atomic mass is 10.1. The van der Waals surface area contributed by atoms with Gasteiger partial charge in [0.15, 0.2) is 0 Å². The third kappa shape index (κ3) is 3.49. The van der Waals surface area contributed by atoms with Crippen LogP contribution in [0.5, 0.6) is 0 Å². The number of carbonyl (C=O) groups is 1. The number of hydrogen-bond acceptors (Lipinski definition) is 3. The number of rotatable bonds is 5. The van der Waals surface area contributed by atoms with E-state index in [0.717, 1.165) is 19.3 Å². The molecule has 1 fully saturated rings. The molecule has 0 radical (unpaired) electrons. The molecule has 6 heteroatoms. The van der Waals surface area contributed by atoms with Crippen molar-refractivity contribution in [3.8, 4) is 0 Å². The summed E-state index contributed by atoms with van der Waals surface area (Å²) in [5.41, 5.74) is 0. The van der Waals surface area contributed by atoms with E-state index in [4.69, 9.17) is 5.11 Å². The second kappa shape index (κ2) is 5.60. The Kier molecular flexibility index (Phi) is 4.74. The molecule has 14 heavy (non-hydrogen) atoms. The summed E-state index contributed by atoms with van der Waals surface area (Å²) in [6.45, 7) is 0. The van der Waals surface area contributed by atoms with Crippen molar-refractivity contribution in [1.29, 1.82) is 0 Å². The highest BCUT2D eigenvalue weighted by Gasteiger charge is 2.29. The highest BCUT2D eigenvalue weighted by atomic mass is 33.1. The molecule has 0 aromatic rings. The highest BCUT2D eigenvalue weighted by molar-refractivity contribution is 8.61. The van der Waals surface area contributed by atoms with Crippen LogP contribution in [-0.4, -0.2) is 30.5 Å². The second-order valence-corrected chi connectivity index (χ2v) is 7.62. The topological polar surface area (TPSA) is 71.4 Å². The Morgan fingerprint density at radius 1 is 1.36 bits per heavy atom. The van der Waals surface area contributed by atoms with Crippen LogP contribution in [-0.2, 0) is 24.5 Å². The van der Waals surface area contributed by atoms with E-state index in [1.165, 1.54) is 0 Å². The molecule has 1 heterocycles.